The first kappa shape index (κ1) is 20.2. The molecule has 6 heteroatoms. The monoisotopic (exact) mass is 392 g/mol. The Hall–Kier alpha value is -1.13. The van der Waals surface area contributed by atoms with Crippen LogP contribution in [0.5, 0.6) is 0 Å². The van der Waals surface area contributed by atoms with Gasteiger partial charge in [0.2, 0.25) is 0 Å². The number of hydrogen-bond acceptors (Lipinski definition) is 3. The molecular weight excluding hydrogens is 366 g/mol. The Morgan fingerprint density at radius 3 is 2.56 bits per heavy atom. The zero-order valence-corrected chi connectivity index (χ0v) is 18.3. The second-order valence-corrected chi connectivity index (χ2v) is 6.72. The fourth-order valence-corrected chi connectivity index (χ4v) is 3.70. The Morgan fingerprint density at radius 1 is 1.24 bits per heavy atom. The van der Waals surface area contributed by atoms with E-state index >= 15 is 0 Å². The van der Waals surface area contributed by atoms with Gasteiger partial charge in [0.1, 0.15) is 0 Å². The fraction of sp³-hybridized carbons (Fsp3) is 0.526. The Bertz CT molecular complexity index is 727. The van der Waals surface area contributed by atoms with Crippen molar-refractivity contribution in [1.29, 1.82) is 0 Å². The predicted octanol–water partition coefficient (Wildman–Crippen LogP) is 2.44. The van der Waals surface area contributed by atoms with Crippen LogP contribution in [0.1, 0.15) is 19.3 Å². The van der Waals surface area contributed by atoms with Crippen LogP contribution in [0, 0.1) is 19.8 Å². The topological polar surface area (TPSA) is 44.3 Å². The molecule has 1 saturated heterocycles. The van der Waals surface area contributed by atoms with Crippen LogP contribution in [0.4, 0.5) is 5.69 Å². The molecule has 5 nitrogen and oxygen atoms in total. The normalized spacial score (nSPS) is 15.8. The van der Waals surface area contributed by atoms with Crippen LogP contribution in [-0.2, 0) is 26.5 Å². The van der Waals surface area contributed by atoms with E-state index in [1.807, 2.05) is 19.2 Å². The molecule has 0 aliphatic carbocycles. The SMILES string of the molecule is [CH2-]CN(C[CH2-])CCC1CCN(c2cccc3[nH]c(=O)n(C)c23)CC1.[Zn+2]. The second-order valence-electron chi connectivity index (χ2n) is 6.72. The maximum Gasteiger partial charge on any atom is 2.00 e. The van der Waals surface area contributed by atoms with Crippen molar-refractivity contribution in [3.8, 4) is 0 Å². The van der Waals surface area contributed by atoms with Crippen molar-refractivity contribution in [2.75, 3.05) is 37.6 Å². The number of fused-ring (bicyclic) bond motifs is 1. The van der Waals surface area contributed by atoms with Crippen LogP contribution >= 0.6 is 0 Å². The molecule has 1 aliphatic heterocycles. The number of rotatable bonds is 6. The molecule has 0 radical (unpaired) electrons. The molecule has 1 N–H and O–H groups in total. The number of anilines is 1. The molecule has 1 aliphatic rings. The third-order valence-electron chi connectivity index (χ3n) is 5.34. The molecule has 1 aromatic carbocycles. The van der Waals surface area contributed by atoms with E-state index in [-0.39, 0.29) is 25.2 Å². The summed E-state index contributed by atoms with van der Waals surface area (Å²) in [6.45, 7) is 12.8. The smallest absolute Gasteiger partial charge is 0.370 e. The number of H-pyrrole nitrogens is 1. The summed E-state index contributed by atoms with van der Waals surface area (Å²) in [6.07, 6.45) is 3.64. The molecule has 0 atom stereocenters. The van der Waals surface area contributed by atoms with Crippen molar-refractivity contribution in [2.45, 2.75) is 19.3 Å². The summed E-state index contributed by atoms with van der Waals surface area (Å²) in [4.78, 5) is 19.5. The van der Waals surface area contributed by atoms with Gasteiger partial charge in [0, 0.05) is 20.1 Å². The summed E-state index contributed by atoms with van der Waals surface area (Å²) in [5.74, 6) is 0.774. The number of aromatic amines is 1. The van der Waals surface area contributed by atoms with E-state index in [9.17, 15) is 4.79 Å². The summed E-state index contributed by atoms with van der Waals surface area (Å²) in [5, 5.41) is 0. The average molecular weight is 394 g/mol. The molecule has 1 aromatic heterocycles. The van der Waals surface area contributed by atoms with Crippen LogP contribution in [-0.4, -0.2) is 47.2 Å². The second kappa shape index (κ2) is 9.00. The van der Waals surface area contributed by atoms with Gasteiger partial charge in [-0.1, -0.05) is 6.07 Å². The zero-order chi connectivity index (χ0) is 17.1. The largest absolute Gasteiger partial charge is 2.00 e. The molecule has 1 fully saturated rings. The molecule has 0 unspecified atom stereocenters. The van der Waals surface area contributed by atoms with E-state index in [0.717, 1.165) is 49.7 Å². The van der Waals surface area contributed by atoms with Gasteiger partial charge in [0.15, 0.2) is 0 Å². The van der Waals surface area contributed by atoms with Gasteiger partial charge in [0.25, 0.3) is 0 Å². The molecule has 0 spiro atoms. The third-order valence-corrected chi connectivity index (χ3v) is 5.34. The summed E-state index contributed by atoms with van der Waals surface area (Å²) in [5.41, 5.74) is 3.06. The minimum atomic E-state index is -0.0474. The van der Waals surface area contributed by atoms with Crippen molar-refractivity contribution in [2.24, 2.45) is 13.0 Å². The van der Waals surface area contributed by atoms with Crippen LogP contribution in [0.2, 0.25) is 0 Å². The fourth-order valence-electron chi connectivity index (χ4n) is 3.70. The van der Waals surface area contributed by atoms with E-state index < -0.39 is 0 Å². The Morgan fingerprint density at radius 2 is 1.92 bits per heavy atom. The molecule has 2 aromatic rings. The van der Waals surface area contributed by atoms with Crippen molar-refractivity contribution in [3.63, 3.8) is 0 Å². The minimum absolute atomic E-state index is 0. The molecule has 3 rings (SSSR count). The van der Waals surface area contributed by atoms with Gasteiger partial charge in [-0.15, -0.1) is 13.1 Å². The predicted molar refractivity (Wildman–Crippen MR) is 100 cm³/mol. The summed E-state index contributed by atoms with van der Waals surface area (Å²) < 4.78 is 1.72. The van der Waals surface area contributed by atoms with E-state index in [4.69, 9.17) is 0 Å². The van der Waals surface area contributed by atoms with Gasteiger partial charge in [0.05, 0.1) is 16.7 Å². The number of benzene rings is 1. The first-order valence-electron chi connectivity index (χ1n) is 8.87. The van der Waals surface area contributed by atoms with Crippen LogP contribution < -0.4 is 10.6 Å². The van der Waals surface area contributed by atoms with Gasteiger partial charge in [-0.05, 0) is 43.9 Å². The van der Waals surface area contributed by atoms with Crippen LogP contribution in [0.25, 0.3) is 11.0 Å². The number of piperidine rings is 1. The van der Waals surface area contributed by atoms with Crippen molar-refractivity contribution >= 4 is 16.7 Å². The molecular formula is C19H28N4OZn. The number of nitrogens with zero attached hydrogens (tertiary/aromatic N) is 3. The van der Waals surface area contributed by atoms with Crippen LogP contribution in [0.15, 0.2) is 23.0 Å². The summed E-state index contributed by atoms with van der Waals surface area (Å²) in [7, 11) is 1.84. The maximum atomic E-state index is 11.9. The van der Waals surface area contributed by atoms with E-state index in [0.29, 0.717) is 0 Å². The number of nitrogens with one attached hydrogen (secondary N) is 1. The Labute approximate surface area is 163 Å². The van der Waals surface area contributed by atoms with Crippen LogP contribution in [0.3, 0.4) is 0 Å². The number of hydrogen-bond donors (Lipinski definition) is 1. The molecule has 132 valence electrons. The summed E-state index contributed by atoms with van der Waals surface area (Å²) >= 11 is 0. The summed E-state index contributed by atoms with van der Waals surface area (Å²) in [6, 6.07) is 6.13. The number of para-hydroxylation sites is 1. The van der Waals surface area contributed by atoms with Crippen molar-refractivity contribution in [1.82, 2.24) is 14.5 Å². The maximum absolute atomic E-state index is 11.9. The van der Waals surface area contributed by atoms with Gasteiger partial charge in [-0.2, -0.15) is 0 Å². The van der Waals surface area contributed by atoms with Crippen molar-refractivity contribution < 1.29 is 19.5 Å². The first-order chi connectivity index (χ1) is 11.6. The molecule has 25 heavy (non-hydrogen) atoms. The molecule has 0 amide bonds. The molecule has 0 bridgehead atoms. The quantitative estimate of drug-likeness (QED) is 0.605. The molecule has 0 saturated carbocycles. The zero-order valence-electron chi connectivity index (χ0n) is 15.3. The molecule has 2 heterocycles. The van der Waals surface area contributed by atoms with E-state index in [1.54, 1.807) is 4.57 Å². The first-order valence-corrected chi connectivity index (χ1v) is 8.87. The number of imidazole rings is 1. The van der Waals surface area contributed by atoms with Crippen molar-refractivity contribution in [3.05, 3.63) is 42.5 Å². The van der Waals surface area contributed by atoms with Gasteiger partial charge in [-0.3, -0.25) is 4.57 Å². The standard InChI is InChI=1S/C19H28N4O.Zn/c1-4-22(5-2)12-9-15-10-13-23(14-11-15)17-8-6-7-16-18(17)21(3)19(24)20-16;/h6-8,15H,1-2,4-5,9-14H2,3H3,(H,20,24);/q-2;+2. The van der Waals surface area contributed by atoms with Gasteiger partial charge in [-0.25, -0.2) is 4.79 Å². The van der Waals surface area contributed by atoms with Gasteiger partial charge >= 0.3 is 25.2 Å². The minimum Gasteiger partial charge on any atom is -0.370 e. The Balaban J connectivity index is 0.00000225. The average Bonchev–Trinajstić information content (AvgIpc) is 2.91. The third kappa shape index (κ3) is 4.35. The number of aromatic nitrogens is 2. The van der Waals surface area contributed by atoms with E-state index in [1.165, 1.54) is 24.9 Å². The Kier molecular flexibility index (Phi) is 7.27. The van der Waals surface area contributed by atoms with Gasteiger partial charge < -0.3 is 28.6 Å². The van der Waals surface area contributed by atoms with E-state index in [2.05, 4.69) is 34.7 Å². The number of aryl methyl sites for hydroxylation is 1.